The van der Waals surface area contributed by atoms with E-state index in [9.17, 15) is 13.2 Å². The van der Waals surface area contributed by atoms with Crippen LogP contribution in [0.15, 0.2) is 23.1 Å². The Morgan fingerprint density at radius 2 is 1.80 bits per heavy atom. The predicted molar refractivity (Wildman–Crippen MR) is 118 cm³/mol. The largest absolute Gasteiger partial charge is 0.495 e. The molecule has 1 heterocycles. The van der Waals surface area contributed by atoms with E-state index in [0.717, 1.165) is 19.3 Å². The van der Waals surface area contributed by atoms with Crippen molar-refractivity contribution in [2.75, 3.05) is 32.1 Å². The number of nitrogens with one attached hydrogen (secondary N) is 2. The summed E-state index contributed by atoms with van der Waals surface area (Å²) in [7, 11) is -2.17. The van der Waals surface area contributed by atoms with E-state index in [1.807, 2.05) is 0 Å². The van der Waals surface area contributed by atoms with Crippen molar-refractivity contribution in [1.82, 2.24) is 9.62 Å². The fraction of sp³-hybridized carbons (Fsp3) is 0.682. The summed E-state index contributed by atoms with van der Waals surface area (Å²) >= 11 is 0. The number of piperidine rings is 1. The van der Waals surface area contributed by atoms with E-state index in [-0.39, 0.29) is 10.8 Å². The van der Waals surface area contributed by atoms with E-state index in [1.54, 1.807) is 25.1 Å². The lowest BCUT2D eigenvalue weighted by atomic mass is 9.89. The molecule has 3 rings (SSSR count). The molecule has 1 saturated carbocycles. The predicted octanol–water partition coefficient (Wildman–Crippen LogP) is 3.37. The van der Waals surface area contributed by atoms with Crippen molar-refractivity contribution >= 4 is 21.6 Å². The molecule has 1 aromatic carbocycles. The zero-order valence-corrected chi connectivity index (χ0v) is 19.0. The molecule has 7 nitrogen and oxygen atoms in total. The summed E-state index contributed by atoms with van der Waals surface area (Å²) < 4.78 is 33.2. The lowest BCUT2D eigenvalue weighted by Crippen LogP contribution is -2.40. The Morgan fingerprint density at radius 3 is 2.47 bits per heavy atom. The smallest absolute Gasteiger partial charge is 0.246 e. The lowest BCUT2D eigenvalue weighted by molar-refractivity contribution is -0.121. The number of amides is 1. The third kappa shape index (κ3) is 5.66. The van der Waals surface area contributed by atoms with Crippen LogP contribution in [0, 0.1) is 5.92 Å². The number of carbonyl (C=O) groups excluding carboxylic acids is 1. The van der Waals surface area contributed by atoms with Crippen LogP contribution in [-0.4, -0.2) is 51.4 Å². The molecule has 2 N–H and O–H groups in total. The number of rotatable bonds is 8. The van der Waals surface area contributed by atoms with Gasteiger partial charge in [0.1, 0.15) is 16.7 Å². The minimum Gasteiger partial charge on any atom is -0.495 e. The van der Waals surface area contributed by atoms with E-state index in [4.69, 9.17) is 4.74 Å². The molecule has 1 aromatic rings. The molecular weight excluding hydrogens is 402 g/mol. The molecule has 168 valence electrons. The number of methoxy groups -OCH3 is 1. The van der Waals surface area contributed by atoms with Gasteiger partial charge in [-0.3, -0.25) is 4.79 Å². The van der Waals surface area contributed by atoms with Crippen LogP contribution in [0.25, 0.3) is 0 Å². The van der Waals surface area contributed by atoms with Gasteiger partial charge in [0.2, 0.25) is 15.9 Å². The molecule has 30 heavy (non-hydrogen) atoms. The van der Waals surface area contributed by atoms with Crippen LogP contribution in [0.5, 0.6) is 5.75 Å². The molecule has 0 spiro atoms. The number of nitrogens with zero attached hydrogens (tertiary/aromatic N) is 1. The van der Waals surface area contributed by atoms with Crippen molar-refractivity contribution in [3.8, 4) is 5.75 Å². The van der Waals surface area contributed by atoms with Gasteiger partial charge in [-0.15, -0.1) is 0 Å². The molecule has 0 bridgehead atoms. The molecular formula is C22H35N3O4S. The van der Waals surface area contributed by atoms with Gasteiger partial charge in [0, 0.05) is 25.3 Å². The topological polar surface area (TPSA) is 87.7 Å². The standard InChI is InChI=1S/C22H35N3O4S/c1-17(22(26)23-16-18-9-5-3-6-10-18)24-19-11-12-20(29-2)21(15-19)30(27,28)25-13-7-4-8-14-25/h11-12,15,17-18,24H,3-10,13-14,16H2,1-2H3,(H,23,26). The van der Waals surface area contributed by atoms with Gasteiger partial charge in [-0.25, -0.2) is 8.42 Å². The number of carbonyl (C=O) groups is 1. The highest BCUT2D eigenvalue weighted by Crippen LogP contribution is 2.31. The van der Waals surface area contributed by atoms with Crippen LogP contribution in [0.4, 0.5) is 5.69 Å². The van der Waals surface area contributed by atoms with E-state index in [1.165, 1.54) is 43.5 Å². The Morgan fingerprint density at radius 1 is 1.13 bits per heavy atom. The number of anilines is 1. The first-order chi connectivity index (χ1) is 14.4. The van der Waals surface area contributed by atoms with E-state index >= 15 is 0 Å². The van der Waals surface area contributed by atoms with Crippen molar-refractivity contribution in [1.29, 1.82) is 0 Å². The maximum atomic E-state index is 13.2. The first-order valence-corrected chi connectivity index (χ1v) is 12.6. The Balaban J connectivity index is 1.67. The average Bonchev–Trinajstić information content (AvgIpc) is 2.78. The quantitative estimate of drug-likeness (QED) is 0.651. The lowest BCUT2D eigenvalue weighted by Gasteiger charge is -2.27. The number of sulfonamides is 1. The van der Waals surface area contributed by atoms with E-state index in [2.05, 4.69) is 10.6 Å². The summed E-state index contributed by atoms with van der Waals surface area (Å²) in [4.78, 5) is 12.7. The molecule has 1 amide bonds. The Bertz CT molecular complexity index is 816. The molecule has 8 heteroatoms. The highest BCUT2D eigenvalue weighted by molar-refractivity contribution is 7.89. The Labute approximate surface area is 180 Å². The van der Waals surface area contributed by atoms with Gasteiger partial charge >= 0.3 is 0 Å². The number of ether oxygens (including phenoxy) is 1. The zero-order chi connectivity index (χ0) is 21.6. The minimum absolute atomic E-state index is 0.0724. The summed E-state index contributed by atoms with van der Waals surface area (Å²) in [6.07, 6.45) is 8.94. The molecule has 1 unspecified atom stereocenters. The second-order valence-corrected chi connectivity index (χ2v) is 10.4. The molecule has 1 atom stereocenters. The summed E-state index contributed by atoms with van der Waals surface area (Å²) in [5.74, 6) is 0.814. The van der Waals surface area contributed by atoms with Gasteiger partial charge in [0.05, 0.1) is 7.11 Å². The molecule has 1 saturated heterocycles. The Kier molecular flexibility index (Phi) is 7.99. The Hall–Kier alpha value is -1.80. The van der Waals surface area contributed by atoms with Gasteiger partial charge in [-0.1, -0.05) is 25.7 Å². The molecule has 2 fully saturated rings. The third-order valence-corrected chi connectivity index (χ3v) is 8.08. The molecule has 2 aliphatic rings. The summed E-state index contributed by atoms with van der Waals surface area (Å²) in [6, 6.07) is 4.51. The van der Waals surface area contributed by atoms with Crippen LogP contribution < -0.4 is 15.4 Å². The van der Waals surface area contributed by atoms with Crippen LogP contribution in [0.2, 0.25) is 0 Å². The van der Waals surface area contributed by atoms with Crippen LogP contribution in [-0.2, 0) is 14.8 Å². The van der Waals surface area contributed by atoms with Crippen LogP contribution in [0.1, 0.15) is 58.3 Å². The van der Waals surface area contributed by atoms with Gasteiger partial charge in [-0.05, 0) is 56.7 Å². The fourth-order valence-corrected chi connectivity index (χ4v) is 6.02. The summed E-state index contributed by atoms with van der Waals surface area (Å²) in [5, 5.41) is 6.18. The second kappa shape index (κ2) is 10.5. The van der Waals surface area contributed by atoms with Crippen molar-refractivity contribution in [3.05, 3.63) is 18.2 Å². The van der Waals surface area contributed by atoms with Crippen molar-refractivity contribution in [3.63, 3.8) is 0 Å². The SMILES string of the molecule is COc1ccc(NC(C)C(=O)NCC2CCCCC2)cc1S(=O)(=O)N1CCCCC1. The van der Waals surface area contributed by atoms with E-state index < -0.39 is 16.1 Å². The first-order valence-electron chi connectivity index (χ1n) is 11.1. The third-order valence-electron chi connectivity index (χ3n) is 6.16. The van der Waals surface area contributed by atoms with Gasteiger partial charge in [0.25, 0.3) is 0 Å². The number of hydrogen-bond donors (Lipinski definition) is 2. The first kappa shape index (κ1) is 22.9. The second-order valence-electron chi connectivity index (χ2n) is 8.45. The van der Waals surface area contributed by atoms with Crippen molar-refractivity contribution < 1.29 is 17.9 Å². The highest BCUT2D eigenvalue weighted by Gasteiger charge is 2.29. The fourth-order valence-electron chi connectivity index (χ4n) is 4.32. The van der Waals surface area contributed by atoms with Crippen molar-refractivity contribution in [2.45, 2.75) is 69.2 Å². The van der Waals surface area contributed by atoms with Crippen molar-refractivity contribution in [2.24, 2.45) is 5.92 Å². The maximum absolute atomic E-state index is 13.2. The van der Waals surface area contributed by atoms with Gasteiger partial charge in [-0.2, -0.15) is 4.31 Å². The van der Waals surface area contributed by atoms with Crippen LogP contribution >= 0.6 is 0 Å². The monoisotopic (exact) mass is 437 g/mol. The van der Waals surface area contributed by atoms with Crippen LogP contribution in [0.3, 0.4) is 0 Å². The maximum Gasteiger partial charge on any atom is 0.246 e. The summed E-state index contributed by atoms with van der Waals surface area (Å²) in [5.41, 5.74) is 0.590. The molecule has 0 aromatic heterocycles. The minimum atomic E-state index is -3.64. The van der Waals surface area contributed by atoms with Gasteiger partial charge in [0.15, 0.2) is 0 Å². The average molecular weight is 438 g/mol. The van der Waals surface area contributed by atoms with E-state index in [0.29, 0.717) is 37.0 Å². The highest BCUT2D eigenvalue weighted by atomic mass is 32.2. The van der Waals surface area contributed by atoms with Gasteiger partial charge < -0.3 is 15.4 Å². The summed E-state index contributed by atoms with van der Waals surface area (Å²) in [6.45, 7) is 3.56. The normalized spacial score (nSPS) is 19.8. The molecule has 1 aliphatic carbocycles. The number of benzene rings is 1. The molecule has 1 aliphatic heterocycles. The zero-order valence-electron chi connectivity index (χ0n) is 18.2. The number of hydrogen-bond acceptors (Lipinski definition) is 5. The molecule has 0 radical (unpaired) electrons.